The Labute approximate surface area is 139 Å². The van der Waals surface area contributed by atoms with Crippen LogP contribution < -0.4 is 0 Å². The van der Waals surface area contributed by atoms with Gasteiger partial charge in [0.25, 0.3) is 0 Å². The first kappa shape index (κ1) is 19.2. The maximum atomic E-state index is 12.2. The second-order valence-electron chi connectivity index (χ2n) is 6.31. The van der Waals surface area contributed by atoms with Gasteiger partial charge >= 0.3 is 11.9 Å². The van der Waals surface area contributed by atoms with E-state index in [9.17, 15) is 9.59 Å². The van der Waals surface area contributed by atoms with E-state index in [0.29, 0.717) is 0 Å². The summed E-state index contributed by atoms with van der Waals surface area (Å²) in [4.78, 5) is 23.9. The first-order chi connectivity index (χ1) is 10.8. The SMILES string of the molecule is COC(=O)C[C@@H]([C]([CH][CH]c1ccccc1)C(C)(C)C)C(=O)OC. The molecule has 0 aliphatic carbocycles. The quantitative estimate of drug-likeness (QED) is 0.723. The van der Waals surface area contributed by atoms with Crippen LogP contribution in [0.1, 0.15) is 32.8 Å². The zero-order chi connectivity index (χ0) is 17.5. The van der Waals surface area contributed by atoms with Crippen molar-refractivity contribution < 1.29 is 19.1 Å². The molecule has 23 heavy (non-hydrogen) atoms. The molecule has 125 valence electrons. The van der Waals surface area contributed by atoms with E-state index in [1.165, 1.54) is 14.2 Å². The van der Waals surface area contributed by atoms with Crippen molar-refractivity contribution in [2.75, 3.05) is 14.2 Å². The molecular weight excluding hydrogens is 292 g/mol. The summed E-state index contributed by atoms with van der Waals surface area (Å²) in [7, 11) is 2.64. The smallest absolute Gasteiger partial charge is 0.309 e. The highest BCUT2D eigenvalue weighted by atomic mass is 16.5. The molecule has 0 N–H and O–H groups in total. The Balaban J connectivity index is 2.95. The molecule has 1 rings (SSSR count). The molecule has 0 amide bonds. The highest BCUT2D eigenvalue weighted by Gasteiger charge is 2.39. The van der Waals surface area contributed by atoms with E-state index in [1.54, 1.807) is 0 Å². The molecule has 0 aromatic heterocycles. The molecule has 1 aromatic rings. The third-order valence-electron chi connectivity index (χ3n) is 3.58. The molecule has 4 heteroatoms. The first-order valence-electron chi connectivity index (χ1n) is 7.54. The molecule has 0 aliphatic rings. The van der Waals surface area contributed by atoms with Crippen LogP contribution in [0.25, 0.3) is 0 Å². The Kier molecular flexibility index (Phi) is 7.27. The van der Waals surface area contributed by atoms with Gasteiger partial charge in [0.2, 0.25) is 0 Å². The van der Waals surface area contributed by atoms with Gasteiger partial charge in [0.05, 0.1) is 26.6 Å². The number of carbonyl (C=O) groups excluding carboxylic acids is 2. The van der Waals surface area contributed by atoms with Crippen molar-refractivity contribution in [3.05, 3.63) is 54.7 Å². The minimum absolute atomic E-state index is 0.0328. The number of esters is 2. The van der Waals surface area contributed by atoms with Gasteiger partial charge in [-0.15, -0.1) is 0 Å². The van der Waals surface area contributed by atoms with Gasteiger partial charge in [0.15, 0.2) is 0 Å². The van der Waals surface area contributed by atoms with E-state index >= 15 is 0 Å². The summed E-state index contributed by atoms with van der Waals surface area (Å²) in [6.07, 6.45) is 3.81. The van der Waals surface area contributed by atoms with Crippen LogP contribution >= 0.6 is 0 Å². The van der Waals surface area contributed by atoms with Crippen molar-refractivity contribution in [2.24, 2.45) is 11.3 Å². The van der Waals surface area contributed by atoms with Gasteiger partial charge in [-0.25, -0.2) is 0 Å². The first-order valence-corrected chi connectivity index (χ1v) is 7.54. The molecule has 0 fully saturated rings. The Morgan fingerprint density at radius 3 is 2.17 bits per heavy atom. The van der Waals surface area contributed by atoms with E-state index in [2.05, 4.69) is 0 Å². The molecule has 0 saturated heterocycles. The predicted octanol–water partition coefficient (Wildman–Crippen LogP) is 3.42. The van der Waals surface area contributed by atoms with Crippen molar-refractivity contribution in [1.29, 1.82) is 0 Å². The van der Waals surface area contributed by atoms with Gasteiger partial charge < -0.3 is 9.47 Å². The summed E-state index contributed by atoms with van der Waals surface area (Å²) in [5.41, 5.74) is 0.731. The third-order valence-corrected chi connectivity index (χ3v) is 3.58. The van der Waals surface area contributed by atoms with Gasteiger partial charge in [-0.2, -0.15) is 0 Å². The second-order valence-corrected chi connectivity index (χ2v) is 6.31. The Hall–Kier alpha value is -1.84. The number of ether oxygens (including phenoxy) is 2. The van der Waals surface area contributed by atoms with Crippen molar-refractivity contribution >= 4 is 11.9 Å². The van der Waals surface area contributed by atoms with Gasteiger partial charge in [-0.05, 0) is 23.8 Å². The summed E-state index contributed by atoms with van der Waals surface area (Å²) >= 11 is 0. The van der Waals surface area contributed by atoms with Crippen LogP contribution in [0.15, 0.2) is 30.3 Å². The maximum absolute atomic E-state index is 12.2. The number of rotatable bonds is 7. The van der Waals surface area contributed by atoms with Crippen molar-refractivity contribution in [3.8, 4) is 0 Å². The Morgan fingerprint density at radius 1 is 1.09 bits per heavy atom. The zero-order valence-electron chi connectivity index (χ0n) is 14.5. The molecule has 0 aliphatic heterocycles. The van der Waals surface area contributed by atoms with E-state index in [4.69, 9.17) is 9.47 Å². The lowest BCUT2D eigenvalue weighted by atomic mass is 9.69. The number of carbonyl (C=O) groups is 2. The van der Waals surface area contributed by atoms with E-state index in [1.807, 2.05) is 63.9 Å². The molecule has 3 radical (unpaired) electrons. The largest absolute Gasteiger partial charge is 0.469 e. The van der Waals surface area contributed by atoms with Gasteiger partial charge in [-0.1, -0.05) is 51.1 Å². The lowest BCUT2D eigenvalue weighted by Crippen LogP contribution is -2.34. The molecule has 0 unspecified atom stereocenters. The summed E-state index contributed by atoms with van der Waals surface area (Å²) in [5.74, 6) is -0.695. The topological polar surface area (TPSA) is 52.6 Å². The Morgan fingerprint density at radius 2 is 1.70 bits per heavy atom. The normalized spacial score (nSPS) is 12.8. The van der Waals surface area contributed by atoms with Crippen LogP contribution in [0.4, 0.5) is 0 Å². The zero-order valence-corrected chi connectivity index (χ0v) is 14.5. The number of hydrogen-bond donors (Lipinski definition) is 0. The van der Waals surface area contributed by atoms with Crippen LogP contribution in [0.5, 0.6) is 0 Å². The van der Waals surface area contributed by atoms with Crippen molar-refractivity contribution in [2.45, 2.75) is 27.2 Å². The molecule has 1 aromatic carbocycles. The molecule has 4 nitrogen and oxygen atoms in total. The monoisotopic (exact) mass is 317 g/mol. The molecule has 0 spiro atoms. The average molecular weight is 317 g/mol. The highest BCUT2D eigenvalue weighted by Crippen LogP contribution is 2.40. The number of methoxy groups -OCH3 is 2. The standard InChI is InChI=1S/C19H25O4/c1-19(2,3)16(12-11-14-9-7-6-8-10-14)15(18(21)23-5)13-17(20)22-4/h6-12,15H,13H2,1-5H3/t15-/m0/s1. The predicted molar refractivity (Wildman–Crippen MR) is 89.0 cm³/mol. The van der Waals surface area contributed by atoms with Gasteiger partial charge in [-0.3, -0.25) is 9.59 Å². The van der Waals surface area contributed by atoms with Crippen LogP contribution in [-0.4, -0.2) is 26.2 Å². The lowest BCUT2D eigenvalue weighted by Gasteiger charge is -2.34. The van der Waals surface area contributed by atoms with E-state index in [-0.39, 0.29) is 11.8 Å². The van der Waals surface area contributed by atoms with Crippen LogP contribution in [0.3, 0.4) is 0 Å². The highest BCUT2D eigenvalue weighted by molar-refractivity contribution is 5.82. The van der Waals surface area contributed by atoms with Crippen LogP contribution in [0, 0.1) is 30.1 Å². The Bertz CT molecular complexity index is 502. The molecular formula is C19H25O4. The fourth-order valence-electron chi connectivity index (χ4n) is 2.35. The molecule has 0 saturated carbocycles. The fraction of sp³-hybridized carbons (Fsp3) is 0.421. The number of benzene rings is 1. The maximum Gasteiger partial charge on any atom is 0.309 e. The van der Waals surface area contributed by atoms with E-state index < -0.39 is 17.9 Å². The summed E-state index contributed by atoms with van der Waals surface area (Å²) in [6, 6.07) is 9.79. The summed E-state index contributed by atoms with van der Waals surface area (Å²) in [6.45, 7) is 6.01. The van der Waals surface area contributed by atoms with Crippen molar-refractivity contribution in [3.63, 3.8) is 0 Å². The number of hydrogen-bond acceptors (Lipinski definition) is 4. The summed E-state index contributed by atoms with van der Waals surface area (Å²) in [5, 5.41) is 0. The minimum Gasteiger partial charge on any atom is -0.469 e. The lowest BCUT2D eigenvalue weighted by molar-refractivity contribution is -0.151. The minimum atomic E-state index is -0.660. The molecule has 1 atom stereocenters. The van der Waals surface area contributed by atoms with E-state index in [0.717, 1.165) is 11.5 Å². The van der Waals surface area contributed by atoms with Gasteiger partial charge in [0, 0.05) is 5.92 Å². The summed E-state index contributed by atoms with van der Waals surface area (Å²) < 4.78 is 9.60. The third kappa shape index (κ3) is 6.05. The second kappa shape index (κ2) is 8.70. The van der Waals surface area contributed by atoms with Gasteiger partial charge in [0.1, 0.15) is 0 Å². The average Bonchev–Trinajstić information content (AvgIpc) is 2.52. The molecule has 0 heterocycles. The fourth-order valence-corrected chi connectivity index (χ4v) is 2.35. The van der Waals surface area contributed by atoms with Crippen LogP contribution in [0.2, 0.25) is 0 Å². The van der Waals surface area contributed by atoms with Crippen molar-refractivity contribution in [1.82, 2.24) is 0 Å². The molecule has 0 bridgehead atoms. The van der Waals surface area contributed by atoms with Crippen LogP contribution in [-0.2, 0) is 19.1 Å².